The third kappa shape index (κ3) is 7.32. The number of hydrogen-bond acceptors (Lipinski definition) is 6. The van der Waals surface area contributed by atoms with Crippen LogP contribution in [0.1, 0.15) is 37.4 Å². The van der Waals surface area contributed by atoms with E-state index < -0.39 is 35.9 Å². The monoisotopic (exact) mass is 539 g/mol. The number of rotatable bonds is 9. The normalized spacial score (nSPS) is 13.7. The summed E-state index contributed by atoms with van der Waals surface area (Å²) in [7, 11) is 0. The van der Waals surface area contributed by atoms with Crippen LogP contribution in [0.3, 0.4) is 0 Å². The number of nitrogens with zero attached hydrogens (tertiary/aromatic N) is 3. The van der Waals surface area contributed by atoms with Gasteiger partial charge in [-0.25, -0.2) is 0 Å². The molecule has 1 aromatic heterocycles. The minimum atomic E-state index is -4.76. The molecular formula is C25H23F6N5O2. The maximum Gasteiger partial charge on any atom is 0.416 e. The Labute approximate surface area is 213 Å². The highest BCUT2D eigenvalue weighted by Gasteiger charge is 2.43. The number of hydrogen-bond donors (Lipinski definition) is 2. The van der Waals surface area contributed by atoms with Gasteiger partial charge in [0.15, 0.2) is 0 Å². The Kier molecular flexibility index (Phi) is 8.78. The molecule has 7 nitrogen and oxygen atoms in total. The molecule has 3 rings (SSSR count). The number of carbonyl (C=O) groups excluding carboxylic acids is 1. The zero-order chi connectivity index (χ0) is 28.1. The van der Waals surface area contributed by atoms with E-state index in [0.717, 1.165) is 12.1 Å². The molecular weight excluding hydrogens is 516 g/mol. The van der Waals surface area contributed by atoms with Gasteiger partial charge in [0.1, 0.15) is 12.6 Å². The van der Waals surface area contributed by atoms with Crippen molar-refractivity contribution in [1.82, 2.24) is 20.8 Å². The molecule has 2 atom stereocenters. The predicted octanol–water partition coefficient (Wildman–Crippen LogP) is 5.67. The first-order chi connectivity index (χ1) is 17.8. The Morgan fingerprint density at radius 1 is 1.05 bits per heavy atom. The van der Waals surface area contributed by atoms with Gasteiger partial charge in [-0.2, -0.15) is 36.6 Å². The first-order valence-electron chi connectivity index (χ1n) is 11.4. The van der Waals surface area contributed by atoms with Crippen molar-refractivity contribution in [3.63, 3.8) is 0 Å². The summed E-state index contributed by atoms with van der Waals surface area (Å²) in [6.07, 6.45) is -9.22. The number of halogens is 6. The molecule has 0 aliphatic rings. The van der Waals surface area contributed by atoms with Gasteiger partial charge < -0.3 is 9.84 Å². The number of nitrogens with one attached hydrogen (secondary N) is 2. The Morgan fingerprint density at radius 3 is 2.32 bits per heavy atom. The van der Waals surface area contributed by atoms with E-state index in [2.05, 4.69) is 20.8 Å². The van der Waals surface area contributed by atoms with E-state index in [9.17, 15) is 31.1 Å². The molecule has 0 unspecified atom stereocenters. The summed E-state index contributed by atoms with van der Waals surface area (Å²) in [6, 6.07) is 7.57. The molecule has 1 amide bonds. The van der Waals surface area contributed by atoms with Crippen LogP contribution in [0.4, 0.5) is 26.3 Å². The van der Waals surface area contributed by atoms with E-state index in [-0.39, 0.29) is 47.3 Å². The summed E-state index contributed by atoms with van der Waals surface area (Å²) in [5.74, 6) is -1.06. The van der Waals surface area contributed by atoms with Gasteiger partial charge >= 0.3 is 12.4 Å². The van der Waals surface area contributed by atoms with Crippen molar-refractivity contribution >= 4 is 5.91 Å². The molecule has 0 spiro atoms. The number of alkyl halides is 6. The summed E-state index contributed by atoms with van der Waals surface area (Å²) in [6.45, 7) is 3.16. The Bertz CT molecular complexity index is 1280. The van der Waals surface area contributed by atoms with Gasteiger partial charge in [0.05, 0.1) is 17.7 Å². The van der Waals surface area contributed by atoms with Crippen LogP contribution in [0.5, 0.6) is 0 Å². The van der Waals surface area contributed by atoms with Crippen LogP contribution in [0, 0.1) is 17.2 Å². The van der Waals surface area contributed by atoms with Crippen molar-refractivity contribution in [3.8, 4) is 28.9 Å². The lowest BCUT2D eigenvalue weighted by molar-refractivity contribution is -0.161. The lowest BCUT2D eigenvalue weighted by Gasteiger charge is -2.28. The lowest BCUT2D eigenvalue weighted by Crippen LogP contribution is -2.49. The molecule has 0 saturated heterocycles. The number of nitriles is 1. The second-order valence-corrected chi connectivity index (χ2v) is 8.82. The summed E-state index contributed by atoms with van der Waals surface area (Å²) >= 11 is 0. The van der Waals surface area contributed by atoms with Crippen LogP contribution in [0.2, 0.25) is 0 Å². The van der Waals surface area contributed by atoms with Crippen molar-refractivity contribution in [3.05, 3.63) is 59.7 Å². The third-order valence-electron chi connectivity index (χ3n) is 5.43. The van der Waals surface area contributed by atoms with Crippen LogP contribution >= 0.6 is 0 Å². The second kappa shape index (κ2) is 11.6. The van der Waals surface area contributed by atoms with E-state index >= 15 is 0 Å². The summed E-state index contributed by atoms with van der Waals surface area (Å²) in [5.41, 5.74) is -0.793. The molecule has 0 fully saturated rings. The fraction of sp³-hybridized carbons (Fsp3) is 0.360. The average Bonchev–Trinajstić information content (AvgIpc) is 3.34. The number of amides is 1. The van der Waals surface area contributed by atoms with E-state index in [1.54, 1.807) is 19.9 Å². The molecule has 0 bridgehead atoms. The molecule has 0 saturated carbocycles. The van der Waals surface area contributed by atoms with Crippen LogP contribution in [0.15, 0.2) is 53.1 Å². The molecule has 0 aliphatic carbocycles. The molecule has 0 aliphatic heterocycles. The van der Waals surface area contributed by atoms with Crippen LogP contribution in [0.25, 0.3) is 22.8 Å². The highest BCUT2D eigenvalue weighted by Crippen LogP contribution is 2.35. The molecule has 1 heterocycles. The van der Waals surface area contributed by atoms with Gasteiger partial charge in [0.2, 0.25) is 11.7 Å². The van der Waals surface area contributed by atoms with Gasteiger partial charge in [-0.15, -0.1) is 0 Å². The van der Waals surface area contributed by atoms with Crippen molar-refractivity contribution in [2.75, 3.05) is 6.54 Å². The smallest absolute Gasteiger partial charge is 0.342 e. The summed E-state index contributed by atoms with van der Waals surface area (Å²) in [4.78, 5) is 16.5. The minimum Gasteiger partial charge on any atom is -0.342 e. The molecule has 3 aromatic rings. The van der Waals surface area contributed by atoms with E-state index in [0.29, 0.717) is 0 Å². The zero-order valence-corrected chi connectivity index (χ0v) is 20.2. The molecule has 0 radical (unpaired) electrons. The van der Waals surface area contributed by atoms with Crippen LogP contribution in [-0.4, -0.2) is 34.8 Å². The second-order valence-electron chi connectivity index (χ2n) is 8.82. The predicted molar refractivity (Wildman–Crippen MR) is 124 cm³/mol. The quantitative estimate of drug-likeness (QED) is 0.268. The molecule has 13 heteroatoms. The maximum atomic E-state index is 14.0. The average molecular weight is 539 g/mol. The SMILES string of the molecule is CC(C)C[C@H](N[C@@H](c1ccc(-c2nc(-c3cccc(C(F)(F)F)c3)no2)cc1)C(F)(F)F)C(=O)NCC#N. The largest absolute Gasteiger partial charge is 0.416 e. The molecule has 2 N–H and O–H groups in total. The van der Waals surface area contributed by atoms with E-state index in [1.807, 2.05) is 0 Å². The van der Waals surface area contributed by atoms with Gasteiger partial charge in [0, 0.05) is 11.1 Å². The number of benzene rings is 2. The summed E-state index contributed by atoms with van der Waals surface area (Å²) in [5, 5.41) is 17.0. The van der Waals surface area contributed by atoms with E-state index in [1.165, 1.54) is 36.4 Å². The first-order valence-corrected chi connectivity index (χ1v) is 11.4. The van der Waals surface area contributed by atoms with Gasteiger partial charge in [-0.3, -0.25) is 10.1 Å². The standard InChI is InChI=1S/C25H23F6N5O2/c1-14(2)12-19(22(37)33-11-10-32)34-20(25(29,30)31)15-6-8-16(9-7-15)23-35-21(36-38-23)17-4-3-5-18(13-17)24(26,27)28/h3-9,13-14,19-20,34H,11-12H2,1-2H3,(H,33,37)/t19-,20-/m0/s1. The highest BCUT2D eigenvalue weighted by molar-refractivity contribution is 5.82. The first kappa shape index (κ1) is 28.6. The Hall–Kier alpha value is -3.92. The van der Waals surface area contributed by atoms with Crippen molar-refractivity contribution in [1.29, 1.82) is 5.26 Å². The fourth-order valence-corrected chi connectivity index (χ4v) is 3.66. The minimum absolute atomic E-state index is 0.0543. The van der Waals surface area contributed by atoms with Crippen LogP contribution < -0.4 is 10.6 Å². The Morgan fingerprint density at radius 2 is 1.74 bits per heavy atom. The number of carbonyl (C=O) groups is 1. The van der Waals surface area contributed by atoms with Gasteiger partial charge in [-0.1, -0.05) is 43.3 Å². The molecule has 2 aromatic carbocycles. The maximum absolute atomic E-state index is 14.0. The number of aromatic nitrogens is 2. The lowest BCUT2D eigenvalue weighted by atomic mass is 9.99. The van der Waals surface area contributed by atoms with Crippen molar-refractivity contribution < 1.29 is 35.7 Å². The Balaban J connectivity index is 1.85. The zero-order valence-electron chi connectivity index (χ0n) is 20.2. The van der Waals surface area contributed by atoms with Crippen molar-refractivity contribution in [2.24, 2.45) is 5.92 Å². The summed E-state index contributed by atoms with van der Waals surface area (Å²) < 4.78 is 86.1. The third-order valence-corrected chi connectivity index (χ3v) is 5.43. The topological polar surface area (TPSA) is 104 Å². The van der Waals surface area contributed by atoms with Gasteiger partial charge in [0.25, 0.3) is 5.89 Å². The van der Waals surface area contributed by atoms with Crippen molar-refractivity contribution in [2.45, 2.75) is 44.7 Å². The molecule has 202 valence electrons. The fourth-order valence-electron chi connectivity index (χ4n) is 3.66. The van der Waals surface area contributed by atoms with Crippen LogP contribution in [-0.2, 0) is 11.0 Å². The van der Waals surface area contributed by atoms with Gasteiger partial charge in [-0.05, 0) is 42.2 Å². The highest BCUT2D eigenvalue weighted by atomic mass is 19.4. The molecule has 38 heavy (non-hydrogen) atoms. The van der Waals surface area contributed by atoms with E-state index in [4.69, 9.17) is 9.78 Å².